The van der Waals surface area contributed by atoms with Crippen molar-refractivity contribution < 1.29 is 8.42 Å². The lowest BCUT2D eigenvalue weighted by Gasteiger charge is -2.51. The molecule has 2 bridgehead atoms. The van der Waals surface area contributed by atoms with Crippen LogP contribution in [0.4, 0.5) is 0 Å². The minimum Gasteiger partial charge on any atom is -0.298 e. The van der Waals surface area contributed by atoms with Crippen LogP contribution in [-0.4, -0.2) is 37.4 Å². The molecule has 0 aliphatic carbocycles. The van der Waals surface area contributed by atoms with E-state index in [1.807, 2.05) is 52.0 Å². The summed E-state index contributed by atoms with van der Waals surface area (Å²) in [5, 5.41) is 1.000. The van der Waals surface area contributed by atoms with Gasteiger partial charge in [-0.05, 0) is 98.9 Å². The largest absolute Gasteiger partial charge is 0.298 e. The van der Waals surface area contributed by atoms with Gasteiger partial charge in [-0.1, -0.05) is 30.3 Å². The average molecular weight is 490 g/mol. The van der Waals surface area contributed by atoms with Gasteiger partial charge in [-0.3, -0.25) is 9.88 Å². The number of hydrogen-bond acceptors (Lipinski definition) is 4. The molecule has 0 saturated carbocycles. The molecule has 35 heavy (non-hydrogen) atoms. The fraction of sp³-hybridized carbons (Fsp3) is 0.414. The lowest BCUT2D eigenvalue weighted by Crippen LogP contribution is -2.57. The molecule has 1 N–H and O–H groups in total. The van der Waals surface area contributed by atoms with Gasteiger partial charge in [0.1, 0.15) is 0 Å². The number of para-hydroxylation sites is 1. The van der Waals surface area contributed by atoms with Crippen molar-refractivity contribution >= 4 is 20.9 Å². The monoisotopic (exact) mass is 489 g/mol. The quantitative estimate of drug-likeness (QED) is 0.472. The van der Waals surface area contributed by atoms with Gasteiger partial charge in [0.05, 0.1) is 16.5 Å². The van der Waals surface area contributed by atoms with Crippen molar-refractivity contribution in [2.75, 3.05) is 13.1 Å². The minimum absolute atomic E-state index is 0.0806. The minimum atomic E-state index is -3.79. The number of nitrogens with one attached hydrogen (secondary N) is 1. The van der Waals surface area contributed by atoms with Crippen LogP contribution in [0, 0.1) is 39.5 Å². The van der Waals surface area contributed by atoms with Crippen molar-refractivity contribution in [1.29, 1.82) is 0 Å². The van der Waals surface area contributed by atoms with Crippen molar-refractivity contribution in [2.45, 2.75) is 57.5 Å². The van der Waals surface area contributed by atoms with E-state index >= 15 is 0 Å². The molecule has 5 atom stereocenters. The molecule has 0 spiro atoms. The van der Waals surface area contributed by atoms with Crippen LogP contribution in [0.25, 0.3) is 10.9 Å². The van der Waals surface area contributed by atoms with Gasteiger partial charge in [0.15, 0.2) is 0 Å². The van der Waals surface area contributed by atoms with Crippen molar-refractivity contribution in [3.05, 3.63) is 83.1 Å². The normalized spacial score (nSPS) is 25.0. The zero-order valence-electron chi connectivity index (χ0n) is 21.1. The standard InChI is InChI=1S/C29H35N3O2S/c1-6-22-17-32-14-12-23(22)16-27(32)28(25-11-13-30-26-10-8-7-9-24(25)26)31-35(33,34)29-20(4)18(2)15-19(3)21(29)5/h6-11,13,15,22-23,27-28,31H,1,12,14,16-17H2,2-5H3/t22-,23-,27-,28-/m0/s1. The third-order valence-corrected chi connectivity index (χ3v) is 10.1. The van der Waals surface area contributed by atoms with Crippen LogP contribution in [0.2, 0.25) is 0 Å². The molecule has 184 valence electrons. The molecule has 3 aromatic rings. The van der Waals surface area contributed by atoms with Crippen molar-refractivity contribution in [3.63, 3.8) is 0 Å². The van der Waals surface area contributed by atoms with Crippen molar-refractivity contribution in [3.8, 4) is 0 Å². The van der Waals surface area contributed by atoms with Crippen LogP contribution in [0.1, 0.15) is 46.7 Å². The number of fused-ring (bicyclic) bond motifs is 4. The first-order chi connectivity index (χ1) is 16.7. The average Bonchev–Trinajstić information content (AvgIpc) is 2.86. The number of hydrogen-bond donors (Lipinski definition) is 1. The molecular formula is C29H35N3O2S. The summed E-state index contributed by atoms with van der Waals surface area (Å²) < 4.78 is 31.4. The Hall–Kier alpha value is -2.54. The Bertz CT molecular complexity index is 1370. The highest BCUT2D eigenvalue weighted by atomic mass is 32.2. The fourth-order valence-corrected chi connectivity index (χ4v) is 8.14. The summed E-state index contributed by atoms with van der Waals surface area (Å²) in [6.45, 7) is 13.8. The molecule has 2 aromatic carbocycles. The Labute approximate surface area is 209 Å². The first kappa shape index (κ1) is 24.2. The smallest absolute Gasteiger partial charge is 0.241 e. The SMILES string of the molecule is C=C[C@H]1CN2CC[C@H]1C[C@H]2[C@@H](NS(=O)(=O)c1c(C)c(C)cc(C)c1C)c1ccnc2ccccc12. The summed E-state index contributed by atoms with van der Waals surface area (Å²) >= 11 is 0. The summed E-state index contributed by atoms with van der Waals surface area (Å²) in [5.74, 6) is 1.00. The van der Waals surface area contributed by atoms with E-state index in [1.165, 1.54) is 0 Å². The predicted octanol–water partition coefficient (Wildman–Crippen LogP) is 5.38. The van der Waals surface area contributed by atoms with Crippen molar-refractivity contribution in [2.24, 2.45) is 11.8 Å². The van der Waals surface area contributed by atoms with Gasteiger partial charge in [-0.15, -0.1) is 6.58 Å². The number of pyridine rings is 1. The van der Waals surface area contributed by atoms with Gasteiger partial charge in [0, 0.05) is 24.2 Å². The third-order valence-electron chi connectivity index (χ3n) is 8.40. The molecule has 3 aliphatic heterocycles. The van der Waals surface area contributed by atoms with Gasteiger partial charge in [-0.25, -0.2) is 13.1 Å². The Balaban J connectivity index is 1.64. The highest BCUT2D eigenvalue weighted by Crippen LogP contribution is 2.43. The van der Waals surface area contributed by atoms with Crippen LogP contribution in [0.3, 0.4) is 0 Å². The summed E-state index contributed by atoms with van der Waals surface area (Å²) in [6, 6.07) is 11.8. The lowest BCUT2D eigenvalue weighted by atomic mass is 9.73. The second-order valence-corrected chi connectivity index (χ2v) is 12.0. The zero-order valence-corrected chi connectivity index (χ0v) is 21.9. The second kappa shape index (κ2) is 9.16. The van der Waals surface area contributed by atoms with Gasteiger partial charge in [0.2, 0.25) is 10.0 Å². The topological polar surface area (TPSA) is 62.3 Å². The zero-order chi connectivity index (χ0) is 24.9. The maximum atomic E-state index is 14.1. The molecule has 3 aliphatic rings. The number of sulfonamides is 1. The number of rotatable bonds is 6. The van der Waals surface area contributed by atoms with Gasteiger partial charge in [-0.2, -0.15) is 0 Å². The van der Waals surface area contributed by atoms with E-state index in [4.69, 9.17) is 0 Å². The van der Waals surface area contributed by atoms with E-state index in [9.17, 15) is 8.42 Å². The van der Waals surface area contributed by atoms with Crippen LogP contribution >= 0.6 is 0 Å². The summed E-state index contributed by atoms with van der Waals surface area (Å²) in [4.78, 5) is 7.43. The molecular weight excluding hydrogens is 454 g/mol. The number of piperidine rings is 3. The molecule has 1 unspecified atom stereocenters. The first-order valence-electron chi connectivity index (χ1n) is 12.5. The highest BCUT2D eigenvalue weighted by molar-refractivity contribution is 7.89. The van der Waals surface area contributed by atoms with E-state index < -0.39 is 10.0 Å². The summed E-state index contributed by atoms with van der Waals surface area (Å²) in [7, 11) is -3.79. The van der Waals surface area contributed by atoms with Gasteiger partial charge < -0.3 is 0 Å². The molecule has 1 aromatic heterocycles. The van der Waals surface area contributed by atoms with Crippen LogP contribution in [-0.2, 0) is 10.0 Å². The Morgan fingerprint density at radius 3 is 2.49 bits per heavy atom. The summed E-state index contributed by atoms with van der Waals surface area (Å²) in [6.07, 6.45) is 5.97. The fourth-order valence-electron chi connectivity index (χ4n) is 6.27. The van der Waals surface area contributed by atoms with E-state index in [2.05, 4.69) is 39.4 Å². The van der Waals surface area contributed by atoms with E-state index in [0.717, 1.165) is 64.7 Å². The van der Waals surface area contributed by atoms with Crippen LogP contribution < -0.4 is 4.72 Å². The van der Waals surface area contributed by atoms with E-state index in [-0.39, 0.29) is 12.1 Å². The predicted molar refractivity (Wildman–Crippen MR) is 142 cm³/mol. The molecule has 6 rings (SSSR count). The third kappa shape index (κ3) is 4.22. The summed E-state index contributed by atoms with van der Waals surface area (Å²) in [5.41, 5.74) is 5.49. The Kier molecular flexibility index (Phi) is 6.32. The molecule has 3 saturated heterocycles. The maximum Gasteiger partial charge on any atom is 0.241 e. The second-order valence-electron chi connectivity index (χ2n) is 10.4. The van der Waals surface area contributed by atoms with E-state index in [1.54, 1.807) is 6.20 Å². The van der Waals surface area contributed by atoms with E-state index in [0.29, 0.717) is 16.7 Å². The number of aromatic nitrogens is 1. The Morgan fingerprint density at radius 1 is 1.11 bits per heavy atom. The number of benzene rings is 2. The molecule has 0 amide bonds. The molecule has 3 fully saturated rings. The van der Waals surface area contributed by atoms with Gasteiger partial charge >= 0.3 is 0 Å². The highest BCUT2D eigenvalue weighted by Gasteiger charge is 2.44. The van der Waals surface area contributed by atoms with Crippen LogP contribution in [0.5, 0.6) is 0 Å². The van der Waals surface area contributed by atoms with Crippen molar-refractivity contribution in [1.82, 2.24) is 14.6 Å². The molecule has 4 heterocycles. The number of nitrogens with zero attached hydrogens (tertiary/aromatic N) is 2. The molecule has 6 heteroatoms. The Morgan fingerprint density at radius 2 is 1.83 bits per heavy atom. The maximum absolute atomic E-state index is 14.1. The number of aryl methyl sites for hydroxylation is 2. The molecule has 5 nitrogen and oxygen atoms in total. The lowest BCUT2D eigenvalue weighted by molar-refractivity contribution is 0.00490. The molecule has 0 radical (unpaired) electrons. The van der Waals surface area contributed by atoms with Crippen LogP contribution in [0.15, 0.2) is 60.1 Å². The van der Waals surface area contributed by atoms with Gasteiger partial charge in [0.25, 0.3) is 0 Å². The first-order valence-corrected chi connectivity index (χ1v) is 14.0.